The van der Waals surface area contributed by atoms with E-state index in [-0.39, 0.29) is 5.96 Å². The quantitative estimate of drug-likeness (QED) is 0.300. The highest BCUT2D eigenvalue weighted by atomic mass is 79.9. The summed E-state index contributed by atoms with van der Waals surface area (Å²) in [5, 5.41) is 0. The first-order valence-electron chi connectivity index (χ1n) is 3.50. The highest BCUT2D eigenvalue weighted by Gasteiger charge is 2.05. The van der Waals surface area contributed by atoms with Crippen molar-refractivity contribution in [3.05, 3.63) is 25.6 Å². The van der Waals surface area contributed by atoms with E-state index in [1.807, 2.05) is 12.1 Å². The van der Waals surface area contributed by atoms with Crippen LogP contribution >= 0.6 is 47.8 Å². The Morgan fingerprint density at radius 3 is 2.14 bits per heavy atom. The van der Waals surface area contributed by atoms with Crippen LogP contribution in [0.4, 0.5) is 5.69 Å². The molecule has 0 fully saturated rings. The van der Waals surface area contributed by atoms with Gasteiger partial charge in [-0.25, -0.2) is 10.8 Å². The minimum absolute atomic E-state index is 0.147. The van der Waals surface area contributed by atoms with Gasteiger partial charge in [0, 0.05) is 13.4 Å². The average Bonchev–Trinajstić information content (AvgIpc) is 2.10. The number of nitrogens with zero attached hydrogens (tertiary/aromatic N) is 1. The Bertz CT molecular complexity index is 354. The Hall–Kier alpha value is -0.110. The lowest BCUT2D eigenvalue weighted by Gasteiger charge is -2.04. The summed E-state index contributed by atoms with van der Waals surface area (Å²) in [4.78, 5) is 4.06. The van der Waals surface area contributed by atoms with Crippen LogP contribution in [0.15, 0.2) is 30.5 Å². The lowest BCUT2D eigenvalue weighted by atomic mass is 10.3. The maximum absolute atomic E-state index is 5.44. The summed E-state index contributed by atoms with van der Waals surface area (Å²) in [7, 11) is 0. The molecule has 0 spiro atoms. The van der Waals surface area contributed by atoms with Gasteiger partial charge in [0.2, 0.25) is 5.96 Å². The topological polar surface area (TPSA) is 76.4 Å². The predicted molar refractivity (Wildman–Crippen MR) is 68.1 cm³/mol. The summed E-state index contributed by atoms with van der Waals surface area (Å²) in [5.74, 6) is 5.25. The number of guanidine groups is 1. The molecule has 76 valence electrons. The molecular formula is C7H7Br3N4. The fourth-order valence-corrected chi connectivity index (χ4v) is 3.23. The SMILES string of the molecule is NNC(N)=Nc1c(Br)cc(Br)cc1Br. The molecule has 5 N–H and O–H groups in total. The Morgan fingerprint density at radius 1 is 1.21 bits per heavy atom. The highest BCUT2D eigenvalue weighted by molar-refractivity contribution is 9.11. The van der Waals surface area contributed by atoms with Gasteiger partial charge in [-0.1, -0.05) is 15.9 Å². The van der Waals surface area contributed by atoms with E-state index >= 15 is 0 Å². The molecule has 0 radical (unpaired) electrons. The standard InChI is InChI=1S/C7H7Br3N4/c8-3-1-4(9)6(5(10)2-3)13-7(11)14-12/h1-2H,12H2,(H3,11,13,14). The summed E-state index contributed by atoms with van der Waals surface area (Å²) in [6.45, 7) is 0. The molecule has 4 nitrogen and oxygen atoms in total. The number of halogens is 3. The number of benzene rings is 1. The first-order chi connectivity index (χ1) is 6.54. The molecule has 7 heteroatoms. The van der Waals surface area contributed by atoms with E-state index < -0.39 is 0 Å². The number of hydrazine groups is 1. The van der Waals surface area contributed by atoms with Gasteiger partial charge in [0.15, 0.2) is 0 Å². The van der Waals surface area contributed by atoms with Crippen LogP contribution < -0.4 is 17.0 Å². The van der Waals surface area contributed by atoms with E-state index in [1.54, 1.807) is 0 Å². The molecule has 0 aromatic heterocycles. The van der Waals surface area contributed by atoms with Gasteiger partial charge in [0.1, 0.15) is 0 Å². The normalized spacial score (nSPS) is 11.6. The number of hydrogen-bond acceptors (Lipinski definition) is 2. The number of aliphatic imine (C=N–C) groups is 1. The summed E-state index contributed by atoms with van der Waals surface area (Å²) in [5.41, 5.74) is 8.38. The Labute approximate surface area is 106 Å². The molecule has 0 aliphatic rings. The van der Waals surface area contributed by atoms with E-state index in [4.69, 9.17) is 11.6 Å². The molecule has 1 aromatic carbocycles. The van der Waals surface area contributed by atoms with Crippen LogP contribution in [-0.4, -0.2) is 5.96 Å². The third-order valence-electron chi connectivity index (χ3n) is 1.36. The smallest absolute Gasteiger partial charge is 0.208 e. The van der Waals surface area contributed by atoms with Crippen molar-refractivity contribution in [3.63, 3.8) is 0 Å². The second kappa shape index (κ2) is 5.11. The van der Waals surface area contributed by atoms with Crippen molar-refractivity contribution in [2.75, 3.05) is 0 Å². The second-order valence-electron chi connectivity index (χ2n) is 2.36. The van der Waals surface area contributed by atoms with Gasteiger partial charge in [0.05, 0.1) is 5.69 Å². The lowest BCUT2D eigenvalue weighted by Crippen LogP contribution is -2.36. The lowest BCUT2D eigenvalue weighted by molar-refractivity contribution is 1.01. The van der Waals surface area contributed by atoms with Gasteiger partial charge in [-0.2, -0.15) is 0 Å². The van der Waals surface area contributed by atoms with Crippen LogP contribution in [0.2, 0.25) is 0 Å². The van der Waals surface area contributed by atoms with Gasteiger partial charge in [-0.05, 0) is 44.0 Å². The highest BCUT2D eigenvalue weighted by Crippen LogP contribution is 2.36. The molecule has 0 aliphatic carbocycles. The van der Waals surface area contributed by atoms with Crippen molar-refractivity contribution < 1.29 is 0 Å². The molecule has 1 aromatic rings. The molecule has 14 heavy (non-hydrogen) atoms. The molecule has 0 amide bonds. The zero-order valence-electron chi connectivity index (χ0n) is 6.89. The van der Waals surface area contributed by atoms with Crippen molar-refractivity contribution in [2.45, 2.75) is 0 Å². The zero-order chi connectivity index (χ0) is 10.7. The van der Waals surface area contributed by atoms with Crippen molar-refractivity contribution in [1.82, 2.24) is 5.43 Å². The van der Waals surface area contributed by atoms with Crippen LogP contribution in [0.3, 0.4) is 0 Å². The molecule has 0 heterocycles. The van der Waals surface area contributed by atoms with Crippen LogP contribution in [-0.2, 0) is 0 Å². The van der Waals surface area contributed by atoms with Crippen LogP contribution in [0.5, 0.6) is 0 Å². The molecule has 0 aliphatic heterocycles. The second-order valence-corrected chi connectivity index (χ2v) is 4.98. The minimum Gasteiger partial charge on any atom is -0.369 e. The van der Waals surface area contributed by atoms with E-state index in [0.717, 1.165) is 13.4 Å². The van der Waals surface area contributed by atoms with E-state index in [2.05, 4.69) is 58.2 Å². The maximum Gasteiger partial charge on any atom is 0.208 e. The maximum atomic E-state index is 5.44. The first-order valence-corrected chi connectivity index (χ1v) is 5.88. The molecule has 0 atom stereocenters. The van der Waals surface area contributed by atoms with Crippen LogP contribution in [0.1, 0.15) is 0 Å². The first kappa shape index (κ1) is 12.0. The van der Waals surface area contributed by atoms with Gasteiger partial charge in [0.25, 0.3) is 0 Å². The summed E-state index contributed by atoms with van der Waals surface area (Å²) in [6.07, 6.45) is 0. The van der Waals surface area contributed by atoms with Gasteiger partial charge in [-0.15, -0.1) is 0 Å². The summed E-state index contributed by atoms with van der Waals surface area (Å²) >= 11 is 10.1. The van der Waals surface area contributed by atoms with E-state index in [9.17, 15) is 0 Å². The number of hydrogen-bond donors (Lipinski definition) is 3. The van der Waals surface area contributed by atoms with Gasteiger partial charge >= 0.3 is 0 Å². The Morgan fingerprint density at radius 2 is 1.71 bits per heavy atom. The average molecular weight is 387 g/mol. The predicted octanol–water partition coefficient (Wildman–Crippen LogP) is 2.38. The van der Waals surface area contributed by atoms with E-state index in [1.165, 1.54) is 0 Å². The van der Waals surface area contributed by atoms with E-state index in [0.29, 0.717) is 5.69 Å². The van der Waals surface area contributed by atoms with Crippen molar-refractivity contribution in [2.24, 2.45) is 16.6 Å². The van der Waals surface area contributed by atoms with Gasteiger partial charge < -0.3 is 5.73 Å². The fraction of sp³-hybridized carbons (Fsp3) is 0. The molecule has 0 saturated heterocycles. The van der Waals surface area contributed by atoms with Crippen LogP contribution in [0.25, 0.3) is 0 Å². The van der Waals surface area contributed by atoms with Crippen molar-refractivity contribution in [3.8, 4) is 0 Å². The monoisotopic (exact) mass is 384 g/mol. The summed E-state index contributed by atoms with van der Waals surface area (Å²) in [6, 6.07) is 3.74. The van der Waals surface area contributed by atoms with Crippen molar-refractivity contribution >= 4 is 59.4 Å². The largest absolute Gasteiger partial charge is 0.369 e. The molecule has 1 rings (SSSR count). The third kappa shape index (κ3) is 2.94. The number of rotatable bonds is 1. The molecular weight excluding hydrogens is 380 g/mol. The van der Waals surface area contributed by atoms with Crippen LogP contribution in [0, 0.1) is 0 Å². The number of nitrogens with two attached hydrogens (primary N) is 2. The van der Waals surface area contributed by atoms with Crippen molar-refractivity contribution in [1.29, 1.82) is 0 Å². The molecule has 0 saturated carbocycles. The number of nitrogens with one attached hydrogen (secondary N) is 1. The summed E-state index contributed by atoms with van der Waals surface area (Å²) < 4.78 is 2.57. The van der Waals surface area contributed by atoms with Gasteiger partial charge in [-0.3, -0.25) is 5.43 Å². The Kier molecular flexibility index (Phi) is 4.36. The minimum atomic E-state index is 0.147. The molecule has 0 unspecified atom stereocenters. The third-order valence-corrected chi connectivity index (χ3v) is 3.03. The zero-order valence-corrected chi connectivity index (χ0v) is 11.6. The molecule has 0 bridgehead atoms. The fourth-order valence-electron chi connectivity index (χ4n) is 0.794. The Balaban J connectivity index is 3.21.